The van der Waals surface area contributed by atoms with Gasteiger partial charge in [0, 0.05) is 5.56 Å². The Morgan fingerprint density at radius 1 is 0.938 bits per heavy atom. The van der Waals surface area contributed by atoms with Crippen molar-refractivity contribution in [1.82, 2.24) is 5.32 Å². The number of amides is 1. The maximum atomic E-state index is 12.7. The van der Waals surface area contributed by atoms with Gasteiger partial charge >= 0.3 is 12.1 Å². The van der Waals surface area contributed by atoms with Crippen LogP contribution in [-0.2, 0) is 11.0 Å². The van der Waals surface area contributed by atoms with Crippen molar-refractivity contribution in [2.75, 3.05) is 0 Å². The summed E-state index contributed by atoms with van der Waals surface area (Å²) in [4.78, 5) is 23.8. The summed E-state index contributed by atoms with van der Waals surface area (Å²) in [6.45, 7) is 0. The number of carboxylic acid groups (broad SMARTS) is 1. The summed E-state index contributed by atoms with van der Waals surface area (Å²) in [7, 11) is 0. The summed E-state index contributed by atoms with van der Waals surface area (Å²) in [5.41, 5.74) is -0.987. The number of ether oxygens (including phenoxy) is 1. The molecule has 0 saturated heterocycles. The Morgan fingerprint density at radius 3 is 2.12 bits per heavy atom. The summed E-state index contributed by atoms with van der Waals surface area (Å²) in [5, 5.41) is 11.6. The second-order valence-corrected chi connectivity index (χ2v) is 7.35. The van der Waals surface area contributed by atoms with Gasteiger partial charge in [-0.2, -0.15) is 13.2 Å². The molecule has 0 aliphatic carbocycles. The van der Waals surface area contributed by atoms with Crippen LogP contribution in [0, 0.1) is 0 Å². The average Bonchev–Trinajstić information content (AvgIpc) is 2.75. The van der Waals surface area contributed by atoms with Gasteiger partial charge in [-0.25, -0.2) is 4.79 Å². The van der Waals surface area contributed by atoms with Crippen LogP contribution in [0.4, 0.5) is 13.2 Å². The van der Waals surface area contributed by atoms with E-state index in [9.17, 15) is 27.9 Å². The number of hydrogen-bond acceptors (Lipinski definition) is 3. The van der Waals surface area contributed by atoms with Crippen LogP contribution in [0.5, 0.6) is 11.5 Å². The van der Waals surface area contributed by atoms with Gasteiger partial charge in [0.15, 0.2) is 0 Å². The Hall–Kier alpha value is -3.59. The summed E-state index contributed by atoms with van der Waals surface area (Å²) in [6.07, 6.45) is -3.31. The molecule has 3 aromatic carbocycles. The Labute approximate surface area is 189 Å². The molecule has 0 fully saturated rings. The molecule has 9 heteroatoms. The highest BCUT2D eigenvalue weighted by Crippen LogP contribution is 2.30. The van der Waals surface area contributed by atoms with Crippen LogP contribution in [0.25, 0.3) is 6.08 Å². The maximum absolute atomic E-state index is 12.7. The minimum Gasteiger partial charge on any atom is -0.477 e. The summed E-state index contributed by atoms with van der Waals surface area (Å²) in [5.74, 6) is -1.13. The van der Waals surface area contributed by atoms with Crippen LogP contribution in [0.2, 0.25) is 0 Å². The van der Waals surface area contributed by atoms with Crippen LogP contribution in [-0.4, -0.2) is 17.0 Å². The smallest absolute Gasteiger partial charge is 0.416 e. The van der Waals surface area contributed by atoms with Gasteiger partial charge < -0.3 is 15.2 Å². The molecule has 0 aliphatic rings. The Morgan fingerprint density at radius 2 is 1.56 bits per heavy atom. The fourth-order valence-corrected chi connectivity index (χ4v) is 2.98. The van der Waals surface area contributed by atoms with Gasteiger partial charge in [0.05, 0.1) is 10.0 Å². The van der Waals surface area contributed by atoms with E-state index in [4.69, 9.17) is 4.74 Å². The number of aliphatic carboxylic acids is 1. The van der Waals surface area contributed by atoms with Gasteiger partial charge in [-0.1, -0.05) is 24.3 Å². The Bertz CT molecular complexity index is 1160. The van der Waals surface area contributed by atoms with E-state index in [2.05, 4.69) is 21.2 Å². The van der Waals surface area contributed by atoms with Crippen molar-refractivity contribution in [3.05, 3.63) is 99.7 Å². The predicted octanol–water partition coefficient (Wildman–Crippen LogP) is 6.12. The van der Waals surface area contributed by atoms with E-state index in [0.29, 0.717) is 17.1 Å². The molecule has 0 atom stereocenters. The minimum atomic E-state index is -4.53. The van der Waals surface area contributed by atoms with Crippen molar-refractivity contribution < 1.29 is 32.6 Å². The van der Waals surface area contributed by atoms with Crippen LogP contribution in [0.15, 0.2) is 83.0 Å². The normalized spacial score (nSPS) is 11.7. The first-order chi connectivity index (χ1) is 15.1. The second kappa shape index (κ2) is 9.69. The first-order valence-electron chi connectivity index (χ1n) is 9.09. The molecular weight excluding hydrogens is 491 g/mol. The lowest BCUT2D eigenvalue weighted by Gasteiger charge is -2.09. The zero-order valence-electron chi connectivity index (χ0n) is 16.2. The third-order valence-corrected chi connectivity index (χ3v) is 4.86. The van der Waals surface area contributed by atoms with E-state index in [1.807, 2.05) is 18.2 Å². The molecular formula is C23H15BrF3NO4. The number of hydrogen-bond donors (Lipinski definition) is 2. The van der Waals surface area contributed by atoms with E-state index in [-0.39, 0.29) is 5.56 Å². The number of carboxylic acids is 1. The lowest BCUT2D eigenvalue weighted by molar-refractivity contribution is -0.137. The molecule has 3 aromatic rings. The molecule has 0 aliphatic heterocycles. The second-order valence-electron chi connectivity index (χ2n) is 6.49. The number of carbonyl (C=O) groups excluding carboxylic acids is 1. The van der Waals surface area contributed by atoms with Crippen LogP contribution >= 0.6 is 15.9 Å². The third-order valence-electron chi connectivity index (χ3n) is 4.21. The van der Waals surface area contributed by atoms with Gasteiger partial charge in [0.1, 0.15) is 17.2 Å². The molecule has 2 N–H and O–H groups in total. The first kappa shape index (κ1) is 23.1. The maximum Gasteiger partial charge on any atom is 0.416 e. The van der Waals surface area contributed by atoms with Crippen molar-refractivity contribution in [3.63, 3.8) is 0 Å². The Balaban J connectivity index is 1.73. The standard InChI is InChI=1S/C23H15BrF3NO4/c24-18-3-1-2-4-20(18)32-17-11-5-14(6-12-17)13-19(22(30)31)28-21(29)15-7-9-16(10-8-15)23(25,26)27/h1-13H,(H,28,29)(H,30,31)/b19-13+. The summed E-state index contributed by atoms with van der Waals surface area (Å²) >= 11 is 3.38. The largest absolute Gasteiger partial charge is 0.477 e. The van der Waals surface area contributed by atoms with Crippen LogP contribution in [0.1, 0.15) is 21.5 Å². The number of rotatable bonds is 6. The lowest BCUT2D eigenvalue weighted by Crippen LogP contribution is -2.27. The van der Waals surface area contributed by atoms with Crippen molar-refractivity contribution >= 4 is 33.9 Å². The molecule has 3 rings (SSSR count). The topological polar surface area (TPSA) is 75.6 Å². The highest BCUT2D eigenvalue weighted by Gasteiger charge is 2.30. The highest BCUT2D eigenvalue weighted by atomic mass is 79.9. The number of nitrogens with one attached hydrogen (secondary N) is 1. The van der Waals surface area contributed by atoms with E-state index >= 15 is 0 Å². The quantitative estimate of drug-likeness (QED) is 0.396. The molecule has 0 saturated carbocycles. The molecule has 0 radical (unpaired) electrons. The zero-order chi connectivity index (χ0) is 23.3. The minimum absolute atomic E-state index is 0.109. The number of para-hydroxylation sites is 1. The van der Waals surface area contributed by atoms with Gasteiger partial charge in [-0.05, 0) is 76.1 Å². The molecule has 5 nitrogen and oxygen atoms in total. The van der Waals surface area contributed by atoms with Crippen molar-refractivity contribution in [2.24, 2.45) is 0 Å². The van der Waals surface area contributed by atoms with Gasteiger partial charge in [-0.3, -0.25) is 4.79 Å². The summed E-state index contributed by atoms with van der Waals surface area (Å²) < 4.78 is 44.5. The highest BCUT2D eigenvalue weighted by molar-refractivity contribution is 9.10. The fourth-order valence-electron chi connectivity index (χ4n) is 2.61. The monoisotopic (exact) mass is 505 g/mol. The molecule has 0 heterocycles. The molecule has 0 unspecified atom stereocenters. The van der Waals surface area contributed by atoms with E-state index in [1.54, 1.807) is 30.3 Å². The lowest BCUT2D eigenvalue weighted by atomic mass is 10.1. The predicted molar refractivity (Wildman–Crippen MR) is 115 cm³/mol. The molecule has 0 bridgehead atoms. The number of halogens is 4. The van der Waals surface area contributed by atoms with Gasteiger partial charge in [0.2, 0.25) is 0 Å². The van der Waals surface area contributed by atoms with E-state index in [1.165, 1.54) is 6.08 Å². The first-order valence-corrected chi connectivity index (χ1v) is 9.89. The SMILES string of the molecule is O=C(O)/C(=C\c1ccc(Oc2ccccc2Br)cc1)NC(=O)c1ccc(C(F)(F)F)cc1. The van der Waals surface area contributed by atoms with Crippen LogP contribution in [0.3, 0.4) is 0 Å². The van der Waals surface area contributed by atoms with Crippen molar-refractivity contribution in [3.8, 4) is 11.5 Å². The number of alkyl halides is 3. The van der Waals surface area contributed by atoms with Crippen molar-refractivity contribution in [2.45, 2.75) is 6.18 Å². The van der Waals surface area contributed by atoms with Gasteiger partial charge in [-0.15, -0.1) is 0 Å². The molecule has 1 amide bonds. The molecule has 0 aromatic heterocycles. The van der Waals surface area contributed by atoms with Gasteiger partial charge in [0.25, 0.3) is 5.91 Å². The fraction of sp³-hybridized carbons (Fsp3) is 0.0435. The molecule has 0 spiro atoms. The number of carbonyl (C=O) groups is 2. The zero-order valence-corrected chi connectivity index (χ0v) is 17.8. The van der Waals surface area contributed by atoms with Crippen LogP contribution < -0.4 is 10.1 Å². The Kier molecular flexibility index (Phi) is 6.99. The third kappa shape index (κ3) is 5.98. The van der Waals surface area contributed by atoms with E-state index < -0.39 is 29.3 Å². The summed E-state index contributed by atoms with van der Waals surface area (Å²) in [6, 6.07) is 17.2. The van der Waals surface area contributed by atoms with E-state index in [0.717, 1.165) is 28.7 Å². The molecule has 164 valence electrons. The van der Waals surface area contributed by atoms with Crippen molar-refractivity contribution in [1.29, 1.82) is 0 Å². The molecule has 32 heavy (non-hydrogen) atoms. The average molecular weight is 506 g/mol. The number of benzene rings is 3.